The maximum atomic E-state index is 11.1. The summed E-state index contributed by atoms with van der Waals surface area (Å²) in [5.41, 5.74) is 2.92. The highest BCUT2D eigenvalue weighted by Gasteiger charge is 2.11. The van der Waals surface area contributed by atoms with Crippen molar-refractivity contribution >= 4 is 17.3 Å². The molecule has 0 aliphatic heterocycles. The maximum Gasteiger partial charge on any atom is 0.322 e. The minimum absolute atomic E-state index is 0.226. The number of thiazole rings is 1. The highest BCUT2D eigenvalue weighted by Crippen LogP contribution is 2.11. The van der Waals surface area contributed by atoms with Crippen LogP contribution in [0.3, 0.4) is 0 Å². The predicted octanol–water partition coefficient (Wildman–Crippen LogP) is 1.15. The van der Waals surface area contributed by atoms with Crippen molar-refractivity contribution < 1.29 is 9.53 Å². The number of hydrogen-bond acceptors (Lipinski definition) is 5. The van der Waals surface area contributed by atoms with E-state index in [2.05, 4.69) is 15.0 Å². The number of aryl methyl sites for hydroxylation is 1. The van der Waals surface area contributed by atoms with Gasteiger partial charge in [0.2, 0.25) is 0 Å². The topological polar surface area (TPSA) is 51.2 Å². The quantitative estimate of drug-likeness (QED) is 0.768. The Bertz CT molecular complexity index is 325. The normalized spacial score (nSPS) is 12.5. The van der Waals surface area contributed by atoms with Gasteiger partial charge in [-0.15, -0.1) is 11.3 Å². The third kappa shape index (κ3) is 3.60. The maximum absolute atomic E-state index is 11.1. The summed E-state index contributed by atoms with van der Waals surface area (Å²) < 4.78 is 4.61. The van der Waals surface area contributed by atoms with E-state index in [1.54, 1.807) is 18.3 Å². The van der Waals surface area contributed by atoms with E-state index < -0.39 is 0 Å². The lowest BCUT2D eigenvalue weighted by Gasteiger charge is -2.10. The molecule has 5 heteroatoms. The van der Waals surface area contributed by atoms with Crippen molar-refractivity contribution in [1.82, 2.24) is 10.3 Å². The van der Waals surface area contributed by atoms with Crippen LogP contribution in [0.4, 0.5) is 0 Å². The van der Waals surface area contributed by atoms with Crippen molar-refractivity contribution in [2.24, 2.45) is 0 Å². The number of rotatable bonds is 5. The fraction of sp³-hybridized carbons (Fsp3) is 0.600. The highest BCUT2D eigenvalue weighted by atomic mass is 32.1. The van der Waals surface area contributed by atoms with Crippen LogP contribution in [-0.2, 0) is 16.0 Å². The molecule has 84 valence electrons. The van der Waals surface area contributed by atoms with Crippen LogP contribution in [0.5, 0.6) is 0 Å². The van der Waals surface area contributed by atoms with Crippen LogP contribution < -0.4 is 5.32 Å². The van der Waals surface area contributed by atoms with Crippen molar-refractivity contribution in [2.75, 3.05) is 13.7 Å². The molecule has 0 radical (unpaired) electrons. The van der Waals surface area contributed by atoms with E-state index >= 15 is 0 Å². The van der Waals surface area contributed by atoms with Crippen LogP contribution in [0, 0.1) is 6.92 Å². The molecule has 0 amide bonds. The Morgan fingerprint density at radius 3 is 3.00 bits per heavy atom. The van der Waals surface area contributed by atoms with Crippen LogP contribution in [0.2, 0.25) is 0 Å². The molecule has 0 saturated heterocycles. The van der Waals surface area contributed by atoms with Gasteiger partial charge in [0.15, 0.2) is 0 Å². The first kappa shape index (κ1) is 12.1. The van der Waals surface area contributed by atoms with Gasteiger partial charge >= 0.3 is 5.97 Å². The van der Waals surface area contributed by atoms with Gasteiger partial charge in [-0.3, -0.25) is 4.79 Å². The Kier molecular flexibility index (Phi) is 4.71. The summed E-state index contributed by atoms with van der Waals surface area (Å²) in [4.78, 5) is 16.5. The number of ether oxygens (including phenoxy) is 1. The molecular formula is C10H16N2O2S. The summed E-state index contributed by atoms with van der Waals surface area (Å²) in [6.07, 6.45) is 0.901. The molecule has 1 N–H and O–H groups in total. The summed E-state index contributed by atoms with van der Waals surface area (Å²) in [7, 11) is 1.40. The van der Waals surface area contributed by atoms with E-state index in [1.807, 2.05) is 12.4 Å². The van der Waals surface area contributed by atoms with Crippen LogP contribution in [0.1, 0.15) is 17.5 Å². The standard InChI is InChI=1S/C10H16N2O2S/c1-7-9(15-6-12-7)4-5-11-8(2)10(13)14-3/h6,8,11H,4-5H2,1-3H3. The summed E-state index contributed by atoms with van der Waals surface area (Å²) in [5, 5.41) is 3.10. The molecule has 0 saturated carbocycles. The third-order valence-corrected chi connectivity index (χ3v) is 3.20. The fourth-order valence-corrected chi connectivity index (χ4v) is 2.01. The molecule has 0 aromatic carbocycles. The summed E-state index contributed by atoms with van der Waals surface area (Å²) >= 11 is 1.65. The average molecular weight is 228 g/mol. The van der Waals surface area contributed by atoms with Gasteiger partial charge < -0.3 is 10.1 Å². The van der Waals surface area contributed by atoms with E-state index in [0.29, 0.717) is 0 Å². The molecular weight excluding hydrogens is 212 g/mol. The molecule has 1 unspecified atom stereocenters. The number of aromatic nitrogens is 1. The van der Waals surface area contributed by atoms with Crippen molar-refractivity contribution in [2.45, 2.75) is 26.3 Å². The minimum atomic E-state index is -0.247. The zero-order chi connectivity index (χ0) is 11.3. The Morgan fingerprint density at radius 1 is 1.73 bits per heavy atom. The number of methoxy groups -OCH3 is 1. The molecule has 0 bridgehead atoms. The average Bonchev–Trinajstić information content (AvgIpc) is 2.63. The van der Waals surface area contributed by atoms with Crippen molar-refractivity contribution in [3.63, 3.8) is 0 Å². The Hall–Kier alpha value is -0.940. The lowest BCUT2D eigenvalue weighted by atomic mass is 10.3. The molecule has 0 fully saturated rings. The minimum Gasteiger partial charge on any atom is -0.468 e. The fourth-order valence-electron chi connectivity index (χ4n) is 1.23. The zero-order valence-corrected chi connectivity index (χ0v) is 10.1. The third-order valence-electron chi connectivity index (χ3n) is 2.20. The SMILES string of the molecule is COC(=O)C(C)NCCc1scnc1C. The lowest BCUT2D eigenvalue weighted by Crippen LogP contribution is -2.35. The second-order valence-electron chi connectivity index (χ2n) is 3.31. The molecule has 1 rings (SSSR count). The molecule has 0 spiro atoms. The van der Waals surface area contributed by atoms with Gasteiger partial charge in [-0.05, 0) is 20.3 Å². The van der Waals surface area contributed by atoms with Gasteiger partial charge in [0.05, 0.1) is 18.3 Å². The number of nitrogens with one attached hydrogen (secondary N) is 1. The molecule has 0 aliphatic rings. The second kappa shape index (κ2) is 5.82. The summed E-state index contributed by atoms with van der Waals surface area (Å²) in [5.74, 6) is -0.226. The lowest BCUT2D eigenvalue weighted by molar-refractivity contribution is -0.142. The van der Waals surface area contributed by atoms with Gasteiger partial charge in [0.1, 0.15) is 6.04 Å². The van der Waals surface area contributed by atoms with Crippen molar-refractivity contribution in [3.8, 4) is 0 Å². The Balaban J connectivity index is 2.28. The summed E-state index contributed by atoms with van der Waals surface area (Å²) in [6.45, 7) is 4.56. The van der Waals surface area contributed by atoms with Gasteiger partial charge in [0.25, 0.3) is 0 Å². The molecule has 0 aliphatic carbocycles. The molecule has 15 heavy (non-hydrogen) atoms. The summed E-state index contributed by atoms with van der Waals surface area (Å²) in [6, 6.07) is -0.247. The number of hydrogen-bond donors (Lipinski definition) is 1. The molecule has 1 atom stereocenters. The molecule has 1 heterocycles. The highest BCUT2D eigenvalue weighted by molar-refractivity contribution is 7.09. The number of carbonyl (C=O) groups excluding carboxylic acids is 1. The van der Waals surface area contributed by atoms with E-state index in [0.717, 1.165) is 18.7 Å². The van der Waals surface area contributed by atoms with E-state index in [9.17, 15) is 4.79 Å². The van der Waals surface area contributed by atoms with E-state index in [1.165, 1.54) is 12.0 Å². The second-order valence-corrected chi connectivity index (χ2v) is 4.25. The van der Waals surface area contributed by atoms with E-state index in [4.69, 9.17) is 0 Å². The first-order valence-corrected chi connectivity index (χ1v) is 5.73. The van der Waals surface area contributed by atoms with Gasteiger partial charge in [-0.1, -0.05) is 0 Å². The van der Waals surface area contributed by atoms with Crippen LogP contribution in [-0.4, -0.2) is 30.6 Å². The van der Waals surface area contributed by atoms with Crippen molar-refractivity contribution in [1.29, 1.82) is 0 Å². The largest absolute Gasteiger partial charge is 0.468 e. The van der Waals surface area contributed by atoms with Gasteiger partial charge in [-0.2, -0.15) is 0 Å². The Morgan fingerprint density at radius 2 is 2.47 bits per heavy atom. The van der Waals surface area contributed by atoms with Gasteiger partial charge in [0, 0.05) is 11.4 Å². The van der Waals surface area contributed by atoms with Crippen LogP contribution in [0.25, 0.3) is 0 Å². The molecule has 1 aromatic rings. The van der Waals surface area contributed by atoms with Gasteiger partial charge in [-0.25, -0.2) is 4.98 Å². The number of nitrogens with zero attached hydrogens (tertiary/aromatic N) is 1. The first-order chi connectivity index (χ1) is 7.15. The van der Waals surface area contributed by atoms with Crippen LogP contribution >= 0.6 is 11.3 Å². The Labute approximate surface area is 93.7 Å². The van der Waals surface area contributed by atoms with E-state index in [-0.39, 0.29) is 12.0 Å². The molecule has 1 aromatic heterocycles. The van der Waals surface area contributed by atoms with Crippen molar-refractivity contribution in [3.05, 3.63) is 16.1 Å². The molecule has 4 nitrogen and oxygen atoms in total. The first-order valence-electron chi connectivity index (χ1n) is 4.85. The smallest absolute Gasteiger partial charge is 0.322 e. The number of esters is 1. The monoisotopic (exact) mass is 228 g/mol. The van der Waals surface area contributed by atoms with Crippen LogP contribution in [0.15, 0.2) is 5.51 Å². The zero-order valence-electron chi connectivity index (χ0n) is 9.24. The predicted molar refractivity (Wildman–Crippen MR) is 60.0 cm³/mol. The number of carbonyl (C=O) groups is 1.